The molecular weight excluding hydrogens is 222 g/mol. The largest absolute Gasteiger partial charge is 0.452 e. The maximum Gasteiger partial charge on any atom is 0.338 e. The summed E-state index contributed by atoms with van der Waals surface area (Å²) in [6, 6.07) is 5.24. The van der Waals surface area contributed by atoms with Crippen molar-refractivity contribution < 1.29 is 14.5 Å². The van der Waals surface area contributed by atoms with Gasteiger partial charge in [0.05, 0.1) is 10.5 Å². The molecule has 17 heavy (non-hydrogen) atoms. The van der Waals surface area contributed by atoms with E-state index in [9.17, 15) is 14.9 Å². The summed E-state index contributed by atoms with van der Waals surface area (Å²) >= 11 is 0. The molecule has 0 amide bonds. The molecule has 5 heteroatoms. The molecule has 1 rings (SSSR count). The lowest BCUT2D eigenvalue weighted by Gasteiger charge is -2.20. The molecule has 0 saturated carbocycles. The minimum atomic E-state index is -0.765. The number of rotatable bonds is 4. The molecule has 0 saturated heterocycles. The summed E-state index contributed by atoms with van der Waals surface area (Å²) in [5, 5.41) is 10.4. The van der Waals surface area contributed by atoms with E-state index in [1.165, 1.54) is 30.3 Å². The van der Waals surface area contributed by atoms with Crippen LogP contribution in [0, 0.1) is 10.1 Å². The third kappa shape index (κ3) is 3.41. The summed E-state index contributed by atoms with van der Waals surface area (Å²) in [7, 11) is 0. The maximum atomic E-state index is 11.7. The van der Waals surface area contributed by atoms with E-state index in [1.54, 1.807) is 13.8 Å². The molecule has 0 radical (unpaired) electrons. The number of hydrogen-bond donors (Lipinski definition) is 0. The Morgan fingerprint density at radius 1 is 1.41 bits per heavy atom. The summed E-state index contributed by atoms with van der Waals surface area (Å²) < 4.78 is 5.15. The van der Waals surface area contributed by atoms with E-state index in [0.29, 0.717) is 0 Å². The molecule has 1 aromatic rings. The molecule has 0 aromatic heterocycles. The van der Waals surface area contributed by atoms with Gasteiger partial charge in [-0.3, -0.25) is 10.1 Å². The number of benzene rings is 1. The Bertz CT molecular complexity index is 448. The van der Waals surface area contributed by atoms with Crippen LogP contribution < -0.4 is 0 Å². The van der Waals surface area contributed by atoms with Crippen molar-refractivity contribution in [3.8, 4) is 0 Å². The highest BCUT2D eigenvalue weighted by Gasteiger charge is 2.20. The van der Waals surface area contributed by atoms with Crippen LogP contribution in [0.1, 0.15) is 24.2 Å². The second-order valence-electron chi connectivity index (χ2n) is 4.00. The minimum absolute atomic E-state index is 0.0652. The van der Waals surface area contributed by atoms with Crippen LogP contribution in [0.15, 0.2) is 36.9 Å². The highest BCUT2D eigenvalue weighted by molar-refractivity contribution is 5.90. The Morgan fingerprint density at radius 2 is 1.94 bits per heavy atom. The van der Waals surface area contributed by atoms with E-state index in [4.69, 9.17) is 4.74 Å². The molecule has 0 aliphatic rings. The van der Waals surface area contributed by atoms with Gasteiger partial charge in [-0.15, -0.1) is 0 Å². The maximum absolute atomic E-state index is 11.7. The molecule has 0 bridgehead atoms. The number of nitro groups is 1. The van der Waals surface area contributed by atoms with Gasteiger partial charge in [-0.05, 0) is 32.1 Å². The average Bonchev–Trinajstić information content (AvgIpc) is 2.28. The average molecular weight is 235 g/mol. The number of nitrogens with zero attached hydrogens (tertiary/aromatic N) is 1. The molecule has 0 unspecified atom stereocenters. The summed E-state index contributed by atoms with van der Waals surface area (Å²) in [4.78, 5) is 21.6. The molecule has 0 aliphatic carbocycles. The Morgan fingerprint density at radius 3 is 2.35 bits per heavy atom. The zero-order valence-corrected chi connectivity index (χ0v) is 9.67. The first-order valence-electron chi connectivity index (χ1n) is 4.97. The summed E-state index contributed by atoms with van der Waals surface area (Å²) in [5.41, 5.74) is -0.561. The highest BCUT2D eigenvalue weighted by atomic mass is 16.6. The van der Waals surface area contributed by atoms with Gasteiger partial charge in [-0.1, -0.05) is 6.58 Å². The molecule has 90 valence electrons. The third-order valence-electron chi connectivity index (χ3n) is 2.16. The fourth-order valence-electron chi connectivity index (χ4n) is 1.06. The van der Waals surface area contributed by atoms with Crippen molar-refractivity contribution in [3.05, 3.63) is 52.6 Å². The highest BCUT2D eigenvalue weighted by Crippen LogP contribution is 2.16. The first-order valence-corrected chi connectivity index (χ1v) is 4.97. The lowest BCUT2D eigenvalue weighted by molar-refractivity contribution is -0.384. The van der Waals surface area contributed by atoms with Crippen LogP contribution in [0.4, 0.5) is 5.69 Å². The lowest BCUT2D eigenvalue weighted by Crippen LogP contribution is -2.25. The molecule has 0 N–H and O–H groups in total. The van der Waals surface area contributed by atoms with Crippen molar-refractivity contribution in [2.24, 2.45) is 0 Å². The minimum Gasteiger partial charge on any atom is -0.452 e. The number of hydrogen-bond acceptors (Lipinski definition) is 4. The number of carbonyl (C=O) groups excluding carboxylic acids is 1. The van der Waals surface area contributed by atoms with Gasteiger partial charge in [0.1, 0.15) is 5.60 Å². The van der Waals surface area contributed by atoms with Gasteiger partial charge in [0.2, 0.25) is 0 Å². The summed E-state index contributed by atoms with van der Waals surface area (Å²) in [6.07, 6.45) is 1.51. The van der Waals surface area contributed by atoms with E-state index in [0.717, 1.165) is 0 Å². The van der Waals surface area contributed by atoms with Crippen LogP contribution in [-0.2, 0) is 4.74 Å². The van der Waals surface area contributed by atoms with Crippen molar-refractivity contribution in [2.75, 3.05) is 0 Å². The van der Waals surface area contributed by atoms with Crippen molar-refractivity contribution in [1.82, 2.24) is 0 Å². The fourth-order valence-corrected chi connectivity index (χ4v) is 1.06. The van der Waals surface area contributed by atoms with Crippen LogP contribution in [0.25, 0.3) is 0 Å². The van der Waals surface area contributed by atoms with Gasteiger partial charge >= 0.3 is 5.97 Å². The first kappa shape index (κ1) is 12.9. The lowest BCUT2D eigenvalue weighted by atomic mass is 10.1. The van der Waals surface area contributed by atoms with E-state index < -0.39 is 16.5 Å². The predicted molar refractivity (Wildman–Crippen MR) is 62.8 cm³/mol. The van der Waals surface area contributed by atoms with E-state index in [2.05, 4.69) is 6.58 Å². The Balaban J connectivity index is 2.84. The van der Waals surface area contributed by atoms with Gasteiger partial charge < -0.3 is 4.74 Å². The zero-order valence-electron chi connectivity index (χ0n) is 9.67. The molecular formula is C12H13NO4. The topological polar surface area (TPSA) is 69.4 Å². The fraction of sp³-hybridized carbons (Fsp3) is 0.250. The number of carbonyl (C=O) groups is 1. The molecule has 0 aliphatic heterocycles. The number of nitro benzene ring substituents is 1. The van der Waals surface area contributed by atoms with E-state index in [1.807, 2.05) is 0 Å². The number of esters is 1. The van der Waals surface area contributed by atoms with Crippen molar-refractivity contribution in [1.29, 1.82) is 0 Å². The van der Waals surface area contributed by atoms with Crippen molar-refractivity contribution >= 4 is 11.7 Å². The van der Waals surface area contributed by atoms with E-state index in [-0.39, 0.29) is 11.3 Å². The zero-order chi connectivity index (χ0) is 13.1. The Kier molecular flexibility index (Phi) is 3.62. The van der Waals surface area contributed by atoms with Gasteiger partial charge in [0, 0.05) is 12.1 Å². The molecule has 1 aromatic carbocycles. The van der Waals surface area contributed by atoms with Crippen LogP contribution in [0.2, 0.25) is 0 Å². The predicted octanol–water partition coefficient (Wildman–Crippen LogP) is 2.72. The van der Waals surface area contributed by atoms with Gasteiger partial charge in [0.15, 0.2) is 0 Å². The molecule has 0 heterocycles. The summed E-state index contributed by atoms with van der Waals surface area (Å²) in [6.45, 7) is 6.95. The number of non-ortho nitro benzene ring substituents is 1. The van der Waals surface area contributed by atoms with Crippen LogP contribution in [0.3, 0.4) is 0 Å². The monoisotopic (exact) mass is 235 g/mol. The second-order valence-corrected chi connectivity index (χ2v) is 4.00. The first-order chi connectivity index (χ1) is 7.85. The molecule has 0 fully saturated rings. The molecule has 0 atom stereocenters. The molecule has 0 spiro atoms. The van der Waals surface area contributed by atoms with E-state index >= 15 is 0 Å². The van der Waals surface area contributed by atoms with Crippen molar-refractivity contribution in [2.45, 2.75) is 19.4 Å². The second kappa shape index (κ2) is 4.78. The SMILES string of the molecule is C=CC(C)(C)OC(=O)c1ccc([N+](=O)[O-])cc1. The molecule has 5 nitrogen and oxygen atoms in total. The summed E-state index contributed by atoms with van der Waals surface area (Å²) in [5.74, 6) is -0.537. The third-order valence-corrected chi connectivity index (χ3v) is 2.16. The van der Waals surface area contributed by atoms with Crippen LogP contribution in [0.5, 0.6) is 0 Å². The van der Waals surface area contributed by atoms with Crippen LogP contribution >= 0.6 is 0 Å². The quantitative estimate of drug-likeness (QED) is 0.348. The van der Waals surface area contributed by atoms with Crippen molar-refractivity contribution in [3.63, 3.8) is 0 Å². The Labute approximate surface area is 98.9 Å². The number of ether oxygens (including phenoxy) is 1. The standard InChI is InChI=1S/C12H13NO4/c1-4-12(2,3)17-11(14)9-5-7-10(8-6-9)13(15)16/h4-8H,1H2,2-3H3. The smallest absolute Gasteiger partial charge is 0.338 e. The van der Waals surface area contributed by atoms with Crippen LogP contribution in [-0.4, -0.2) is 16.5 Å². The Hall–Kier alpha value is -2.17. The normalized spacial score (nSPS) is 10.7. The van der Waals surface area contributed by atoms with Gasteiger partial charge in [-0.2, -0.15) is 0 Å². The van der Waals surface area contributed by atoms with Gasteiger partial charge in [0.25, 0.3) is 5.69 Å². The van der Waals surface area contributed by atoms with Gasteiger partial charge in [-0.25, -0.2) is 4.79 Å².